The van der Waals surface area contributed by atoms with Gasteiger partial charge in [-0.25, -0.2) is 13.8 Å². The second-order valence-corrected chi connectivity index (χ2v) is 4.42. The van der Waals surface area contributed by atoms with Gasteiger partial charge in [-0.15, -0.1) is 0 Å². The number of halogens is 3. The first-order chi connectivity index (χ1) is 8.84. The molecule has 0 aliphatic rings. The van der Waals surface area contributed by atoms with Gasteiger partial charge in [-0.05, 0) is 12.1 Å². The summed E-state index contributed by atoms with van der Waals surface area (Å²) >= 11 is 5.67. The van der Waals surface area contributed by atoms with E-state index in [2.05, 4.69) is 4.98 Å². The highest BCUT2D eigenvalue weighted by Gasteiger charge is 2.28. The fourth-order valence-corrected chi connectivity index (χ4v) is 1.34. The quantitative estimate of drug-likeness (QED) is 0.818. The van der Waals surface area contributed by atoms with Crippen molar-refractivity contribution in [2.75, 3.05) is 31.6 Å². The van der Waals surface area contributed by atoms with Gasteiger partial charge >= 0.3 is 0 Å². The van der Waals surface area contributed by atoms with Gasteiger partial charge in [0.15, 0.2) is 0 Å². The monoisotopic (exact) mass is 293 g/mol. The molecule has 1 rings (SSSR count). The molecule has 0 spiro atoms. The lowest BCUT2D eigenvalue weighted by molar-refractivity contribution is -0.122. The van der Waals surface area contributed by atoms with E-state index in [9.17, 15) is 13.6 Å². The molecular weight excluding hydrogens is 280 g/mol. The van der Waals surface area contributed by atoms with Crippen molar-refractivity contribution in [2.45, 2.75) is 5.92 Å². The summed E-state index contributed by atoms with van der Waals surface area (Å²) in [7, 11) is 1.60. The SMILES string of the molecule is CN(CC(=O)NCC(F)(F)CO)c1ccc(Cl)cn1. The number of rotatable bonds is 6. The van der Waals surface area contributed by atoms with Crippen LogP contribution in [0.25, 0.3) is 0 Å². The van der Waals surface area contributed by atoms with Gasteiger partial charge in [0.2, 0.25) is 5.91 Å². The molecule has 0 radical (unpaired) electrons. The molecule has 8 heteroatoms. The Kier molecular flexibility index (Phi) is 5.44. The van der Waals surface area contributed by atoms with Gasteiger partial charge in [0.05, 0.1) is 18.1 Å². The molecule has 1 heterocycles. The smallest absolute Gasteiger partial charge is 0.287 e. The topological polar surface area (TPSA) is 65.5 Å². The molecule has 0 aromatic carbocycles. The highest BCUT2D eigenvalue weighted by molar-refractivity contribution is 6.30. The first-order valence-electron chi connectivity index (χ1n) is 5.42. The van der Waals surface area contributed by atoms with Crippen LogP contribution in [0.3, 0.4) is 0 Å². The average molecular weight is 294 g/mol. The fourth-order valence-electron chi connectivity index (χ4n) is 1.23. The number of likely N-dealkylation sites (N-methyl/N-ethyl adjacent to an activating group) is 1. The van der Waals surface area contributed by atoms with E-state index in [1.165, 1.54) is 11.1 Å². The molecule has 0 fully saturated rings. The van der Waals surface area contributed by atoms with Gasteiger partial charge in [0.1, 0.15) is 12.4 Å². The van der Waals surface area contributed by atoms with E-state index in [0.29, 0.717) is 10.8 Å². The standard InChI is InChI=1S/C11H14ClF2N3O2/c1-17(9-3-2-8(12)4-15-9)5-10(19)16-6-11(13,14)7-18/h2-4,18H,5-7H2,1H3,(H,16,19). The lowest BCUT2D eigenvalue weighted by Gasteiger charge is -2.19. The summed E-state index contributed by atoms with van der Waals surface area (Å²) in [6, 6.07) is 3.22. The van der Waals surface area contributed by atoms with Gasteiger partial charge < -0.3 is 15.3 Å². The highest BCUT2D eigenvalue weighted by Crippen LogP contribution is 2.13. The Hall–Kier alpha value is -1.47. The Morgan fingerprint density at radius 1 is 1.58 bits per heavy atom. The van der Waals surface area contributed by atoms with Crippen LogP contribution >= 0.6 is 11.6 Å². The molecule has 1 amide bonds. The van der Waals surface area contributed by atoms with Gasteiger partial charge in [0.25, 0.3) is 5.92 Å². The van der Waals surface area contributed by atoms with Crippen LogP contribution in [0.4, 0.5) is 14.6 Å². The summed E-state index contributed by atoms with van der Waals surface area (Å²) < 4.78 is 25.4. The second-order valence-electron chi connectivity index (χ2n) is 3.98. The molecule has 0 saturated carbocycles. The van der Waals surface area contributed by atoms with Crippen LogP contribution in [0.15, 0.2) is 18.3 Å². The molecule has 0 saturated heterocycles. The third kappa shape index (κ3) is 5.35. The number of amides is 1. The number of anilines is 1. The van der Waals surface area contributed by atoms with Crippen molar-refractivity contribution in [3.8, 4) is 0 Å². The Balaban J connectivity index is 2.46. The first-order valence-corrected chi connectivity index (χ1v) is 5.80. The minimum absolute atomic E-state index is 0.129. The number of aliphatic hydroxyl groups excluding tert-OH is 1. The van der Waals surface area contributed by atoms with Crippen molar-refractivity contribution in [3.63, 3.8) is 0 Å². The third-order valence-corrected chi connectivity index (χ3v) is 2.48. The molecule has 5 nitrogen and oxygen atoms in total. The molecule has 19 heavy (non-hydrogen) atoms. The largest absolute Gasteiger partial charge is 0.390 e. The Morgan fingerprint density at radius 2 is 2.26 bits per heavy atom. The number of pyridine rings is 1. The maximum absolute atomic E-state index is 12.7. The zero-order valence-electron chi connectivity index (χ0n) is 10.2. The fraction of sp³-hybridized carbons (Fsp3) is 0.455. The van der Waals surface area contributed by atoms with E-state index in [4.69, 9.17) is 16.7 Å². The Morgan fingerprint density at radius 3 is 2.79 bits per heavy atom. The number of nitrogens with zero attached hydrogens (tertiary/aromatic N) is 2. The Bertz CT molecular complexity index is 428. The molecule has 0 bridgehead atoms. The lowest BCUT2D eigenvalue weighted by Crippen LogP contribution is -2.43. The zero-order valence-corrected chi connectivity index (χ0v) is 11.0. The van der Waals surface area contributed by atoms with E-state index in [-0.39, 0.29) is 6.54 Å². The summed E-state index contributed by atoms with van der Waals surface area (Å²) in [6.07, 6.45) is 1.42. The zero-order chi connectivity index (χ0) is 14.5. The molecule has 1 aromatic heterocycles. The number of aliphatic hydroxyl groups is 1. The molecule has 2 N–H and O–H groups in total. The van der Waals surface area contributed by atoms with Crippen LogP contribution in [0.5, 0.6) is 0 Å². The van der Waals surface area contributed by atoms with Crippen LogP contribution in [-0.2, 0) is 4.79 Å². The van der Waals surface area contributed by atoms with Crippen molar-refractivity contribution >= 4 is 23.3 Å². The molecule has 0 atom stereocenters. The number of carbonyl (C=O) groups excluding carboxylic acids is 1. The number of alkyl halides is 2. The van der Waals surface area contributed by atoms with Crippen LogP contribution in [-0.4, -0.2) is 48.7 Å². The van der Waals surface area contributed by atoms with Crippen LogP contribution < -0.4 is 10.2 Å². The number of aromatic nitrogens is 1. The lowest BCUT2D eigenvalue weighted by atomic mass is 10.3. The maximum atomic E-state index is 12.7. The van der Waals surface area contributed by atoms with Gasteiger partial charge in [-0.1, -0.05) is 11.6 Å². The van der Waals surface area contributed by atoms with Crippen molar-refractivity contribution in [1.82, 2.24) is 10.3 Å². The van der Waals surface area contributed by atoms with E-state index in [0.717, 1.165) is 0 Å². The molecular formula is C11H14ClF2N3O2. The van der Waals surface area contributed by atoms with Crippen molar-refractivity contribution in [3.05, 3.63) is 23.4 Å². The number of carbonyl (C=O) groups is 1. The molecule has 1 aromatic rings. The first kappa shape index (κ1) is 15.6. The minimum Gasteiger partial charge on any atom is -0.390 e. The predicted molar refractivity (Wildman–Crippen MR) is 67.6 cm³/mol. The van der Waals surface area contributed by atoms with E-state index in [1.54, 1.807) is 19.2 Å². The summed E-state index contributed by atoms with van der Waals surface area (Å²) in [5, 5.41) is 10.9. The maximum Gasteiger partial charge on any atom is 0.287 e. The van der Waals surface area contributed by atoms with Crippen molar-refractivity contribution < 1.29 is 18.7 Å². The normalized spacial score (nSPS) is 11.2. The second kappa shape index (κ2) is 6.63. The van der Waals surface area contributed by atoms with E-state index >= 15 is 0 Å². The number of hydrogen-bond donors (Lipinski definition) is 2. The number of hydrogen-bond acceptors (Lipinski definition) is 4. The third-order valence-electron chi connectivity index (χ3n) is 2.26. The Labute approximate surface area is 114 Å². The van der Waals surface area contributed by atoms with Gasteiger partial charge in [-0.2, -0.15) is 0 Å². The van der Waals surface area contributed by atoms with Crippen molar-refractivity contribution in [2.24, 2.45) is 0 Å². The van der Waals surface area contributed by atoms with Gasteiger partial charge in [0, 0.05) is 13.2 Å². The molecule has 0 unspecified atom stereocenters. The minimum atomic E-state index is -3.31. The van der Waals surface area contributed by atoms with Crippen LogP contribution in [0.1, 0.15) is 0 Å². The average Bonchev–Trinajstić information content (AvgIpc) is 2.37. The summed E-state index contributed by atoms with van der Waals surface area (Å²) in [6.45, 7) is -2.33. The molecule has 0 aliphatic carbocycles. The molecule has 106 valence electrons. The van der Waals surface area contributed by atoms with Crippen LogP contribution in [0, 0.1) is 0 Å². The van der Waals surface area contributed by atoms with Crippen molar-refractivity contribution in [1.29, 1.82) is 0 Å². The van der Waals surface area contributed by atoms with Crippen LogP contribution in [0.2, 0.25) is 5.02 Å². The van der Waals surface area contributed by atoms with Gasteiger partial charge in [-0.3, -0.25) is 4.79 Å². The number of nitrogens with one attached hydrogen (secondary N) is 1. The molecule has 0 aliphatic heterocycles. The van der Waals surface area contributed by atoms with E-state index in [1.807, 2.05) is 5.32 Å². The predicted octanol–water partition coefficient (Wildman–Crippen LogP) is 0.915. The summed E-state index contributed by atoms with van der Waals surface area (Å²) in [4.78, 5) is 16.9. The summed E-state index contributed by atoms with van der Waals surface area (Å²) in [5.41, 5.74) is 0. The highest BCUT2D eigenvalue weighted by atomic mass is 35.5. The summed E-state index contributed by atoms with van der Waals surface area (Å²) in [5.74, 6) is -3.41. The van der Waals surface area contributed by atoms with E-state index < -0.39 is 25.0 Å².